The molecule has 19 heavy (non-hydrogen) atoms. The number of phenolic OH excluding ortho intramolecular Hbond substituents is 1. The zero-order valence-electron chi connectivity index (χ0n) is 10.6. The maximum absolute atomic E-state index is 11.9. The molecule has 0 radical (unpaired) electrons. The zero-order chi connectivity index (χ0) is 14.2. The maximum Gasteiger partial charge on any atom is 0.311 e. The van der Waals surface area contributed by atoms with Gasteiger partial charge in [-0.15, -0.1) is 0 Å². The van der Waals surface area contributed by atoms with E-state index in [1.54, 1.807) is 19.1 Å². The minimum atomic E-state index is -0.489. The Morgan fingerprint density at radius 1 is 1.53 bits per heavy atom. The van der Waals surface area contributed by atoms with E-state index in [4.69, 9.17) is 11.6 Å². The van der Waals surface area contributed by atoms with Crippen LogP contribution in [0.3, 0.4) is 0 Å². The third-order valence-corrected chi connectivity index (χ3v) is 3.62. The average Bonchev–Trinajstić information content (AvgIpc) is 2.77. The van der Waals surface area contributed by atoms with Gasteiger partial charge in [-0.3, -0.25) is 9.59 Å². The number of carbonyl (C=O) groups excluding carboxylic acids is 2. The van der Waals surface area contributed by atoms with Crippen LogP contribution in [0.15, 0.2) is 12.1 Å². The van der Waals surface area contributed by atoms with Crippen molar-refractivity contribution in [2.75, 3.05) is 18.6 Å². The summed E-state index contributed by atoms with van der Waals surface area (Å²) in [5.74, 6) is -1.16. The molecule has 1 N–H and O–H groups in total. The number of aryl methyl sites for hydroxylation is 1. The van der Waals surface area contributed by atoms with Crippen molar-refractivity contribution in [2.45, 2.75) is 13.3 Å². The second-order valence-corrected chi connectivity index (χ2v) is 4.87. The number of phenols is 1. The number of halogens is 1. The van der Waals surface area contributed by atoms with Crippen molar-refractivity contribution in [3.8, 4) is 5.75 Å². The van der Waals surface area contributed by atoms with E-state index in [1.165, 1.54) is 12.0 Å². The van der Waals surface area contributed by atoms with Crippen LogP contribution in [0.1, 0.15) is 12.0 Å². The standard InChI is InChI=1S/C13H14ClNO4/c1-7-3-4-9(11(14)12(7)17)15-6-8(5-10(15)16)13(18)19-2/h3-4,8,17H,5-6H2,1-2H3. The number of esters is 1. The van der Waals surface area contributed by atoms with Crippen molar-refractivity contribution in [2.24, 2.45) is 5.92 Å². The van der Waals surface area contributed by atoms with Crippen molar-refractivity contribution in [3.63, 3.8) is 0 Å². The first kappa shape index (κ1) is 13.7. The first-order chi connectivity index (χ1) is 8.95. The molecule has 0 spiro atoms. The molecule has 1 saturated heterocycles. The quantitative estimate of drug-likeness (QED) is 0.842. The Hall–Kier alpha value is -1.75. The van der Waals surface area contributed by atoms with Crippen LogP contribution in [-0.4, -0.2) is 30.6 Å². The number of nitrogens with zero attached hydrogens (tertiary/aromatic N) is 1. The molecule has 0 bridgehead atoms. The van der Waals surface area contributed by atoms with Crippen LogP contribution in [0.5, 0.6) is 5.75 Å². The third kappa shape index (κ3) is 2.38. The smallest absolute Gasteiger partial charge is 0.311 e. The second kappa shape index (κ2) is 5.09. The number of amides is 1. The molecule has 5 nitrogen and oxygen atoms in total. The Morgan fingerprint density at radius 3 is 2.84 bits per heavy atom. The summed E-state index contributed by atoms with van der Waals surface area (Å²) < 4.78 is 4.64. The van der Waals surface area contributed by atoms with Crippen molar-refractivity contribution in [1.29, 1.82) is 0 Å². The molecule has 0 saturated carbocycles. The molecule has 1 amide bonds. The minimum Gasteiger partial charge on any atom is -0.506 e. The molecule has 2 rings (SSSR count). The lowest BCUT2D eigenvalue weighted by Gasteiger charge is -2.19. The molecule has 1 aliphatic rings. The molecule has 1 aromatic carbocycles. The van der Waals surface area contributed by atoms with Crippen molar-refractivity contribution in [3.05, 3.63) is 22.7 Å². The second-order valence-electron chi connectivity index (χ2n) is 4.49. The Bertz CT molecular complexity index is 544. The molecule has 0 aliphatic carbocycles. The molecule has 1 fully saturated rings. The predicted octanol–water partition coefficient (Wildman–Crippen LogP) is 1.88. The van der Waals surface area contributed by atoms with Crippen LogP contribution >= 0.6 is 11.6 Å². The zero-order valence-corrected chi connectivity index (χ0v) is 11.4. The number of methoxy groups -OCH3 is 1. The summed E-state index contributed by atoms with van der Waals surface area (Å²) in [5.41, 5.74) is 1.05. The van der Waals surface area contributed by atoms with Gasteiger partial charge in [0, 0.05) is 13.0 Å². The first-order valence-electron chi connectivity index (χ1n) is 5.82. The number of carbonyl (C=O) groups is 2. The van der Waals surface area contributed by atoms with E-state index in [0.29, 0.717) is 11.3 Å². The highest BCUT2D eigenvalue weighted by Crippen LogP contribution is 2.38. The van der Waals surface area contributed by atoms with Gasteiger partial charge >= 0.3 is 5.97 Å². The fraction of sp³-hybridized carbons (Fsp3) is 0.385. The van der Waals surface area contributed by atoms with Crippen LogP contribution in [0.2, 0.25) is 5.02 Å². The first-order valence-corrected chi connectivity index (χ1v) is 6.19. The van der Waals surface area contributed by atoms with Crippen LogP contribution in [0, 0.1) is 12.8 Å². The lowest BCUT2D eigenvalue weighted by Crippen LogP contribution is -2.26. The molecule has 0 aromatic heterocycles. The molecule has 1 atom stereocenters. The van der Waals surface area contributed by atoms with Crippen molar-refractivity contribution < 1.29 is 19.4 Å². The topological polar surface area (TPSA) is 66.8 Å². The number of anilines is 1. The van der Waals surface area contributed by atoms with Gasteiger partial charge in [-0.05, 0) is 18.6 Å². The summed E-state index contributed by atoms with van der Waals surface area (Å²) in [6.45, 7) is 1.93. The van der Waals surface area contributed by atoms with Gasteiger partial charge in [0.1, 0.15) is 10.8 Å². The molecule has 1 aliphatic heterocycles. The van der Waals surface area contributed by atoms with Crippen LogP contribution in [0.25, 0.3) is 0 Å². The minimum absolute atomic E-state index is 0.0477. The SMILES string of the molecule is COC(=O)C1CC(=O)N(c2ccc(C)c(O)c2Cl)C1. The van der Waals surface area contributed by atoms with Gasteiger partial charge in [0.05, 0.1) is 18.7 Å². The largest absolute Gasteiger partial charge is 0.506 e. The van der Waals surface area contributed by atoms with Crippen LogP contribution in [-0.2, 0) is 14.3 Å². The molecule has 1 unspecified atom stereocenters. The normalized spacial score (nSPS) is 18.8. The van der Waals surface area contributed by atoms with Crippen molar-refractivity contribution in [1.82, 2.24) is 0 Å². The monoisotopic (exact) mass is 283 g/mol. The lowest BCUT2D eigenvalue weighted by atomic mass is 10.1. The number of benzene rings is 1. The Morgan fingerprint density at radius 2 is 2.21 bits per heavy atom. The highest BCUT2D eigenvalue weighted by atomic mass is 35.5. The summed E-state index contributed by atoms with van der Waals surface area (Å²) >= 11 is 6.04. The van der Waals surface area contributed by atoms with E-state index in [1.807, 2.05) is 0 Å². The van der Waals surface area contributed by atoms with Gasteiger partial charge in [-0.2, -0.15) is 0 Å². The molecule has 6 heteroatoms. The Kier molecular flexibility index (Phi) is 3.66. The lowest BCUT2D eigenvalue weighted by molar-refractivity contribution is -0.145. The summed E-state index contributed by atoms with van der Waals surface area (Å²) in [7, 11) is 1.29. The van der Waals surface area contributed by atoms with Gasteiger partial charge in [0.25, 0.3) is 0 Å². The summed E-state index contributed by atoms with van der Waals surface area (Å²) in [4.78, 5) is 24.8. The van der Waals surface area contributed by atoms with E-state index in [9.17, 15) is 14.7 Å². The average molecular weight is 284 g/mol. The van der Waals surface area contributed by atoms with Gasteiger partial charge in [0.15, 0.2) is 0 Å². The Balaban J connectivity index is 2.31. The summed E-state index contributed by atoms with van der Waals surface area (Å²) in [6.07, 6.45) is 0.0949. The number of rotatable bonds is 2. The molecular weight excluding hydrogens is 270 g/mol. The van der Waals surface area contributed by atoms with Crippen LogP contribution in [0.4, 0.5) is 5.69 Å². The summed E-state index contributed by atoms with van der Waals surface area (Å²) in [6, 6.07) is 3.34. The van der Waals surface area contributed by atoms with Crippen molar-refractivity contribution >= 4 is 29.2 Å². The van der Waals surface area contributed by atoms with Gasteiger partial charge in [0.2, 0.25) is 5.91 Å². The fourth-order valence-electron chi connectivity index (χ4n) is 2.12. The van der Waals surface area contributed by atoms with Crippen LogP contribution < -0.4 is 4.90 Å². The Labute approximate surface area is 115 Å². The maximum atomic E-state index is 11.9. The van der Waals surface area contributed by atoms with Gasteiger partial charge in [-0.1, -0.05) is 17.7 Å². The van der Waals surface area contributed by atoms with E-state index in [2.05, 4.69) is 4.74 Å². The highest BCUT2D eigenvalue weighted by Gasteiger charge is 2.36. The molecular formula is C13H14ClNO4. The number of aromatic hydroxyl groups is 1. The summed E-state index contributed by atoms with van der Waals surface area (Å²) in [5, 5.41) is 9.92. The number of ether oxygens (including phenoxy) is 1. The third-order valence-electron chi connectivity index (χ3n) is 3.25. The van der Waals surface area contributed by atoms with Gasteiger partial charge < -0.3 is 14.7 Å². The van der Waals surface area contributed by atoms with E-state index >= 15 is 0 Å². The van der Waals surface area contributed by atoms with E-state index < -0.39 is 11.9 Å². The fourth-order valence-corrected chi connectivity index (χ4v) is 2.44. The number of hydrogen-bond acceptors (Lipinski definition) is 4. The van der Waals surface area contributed by atoms with Gasteiger partial charge in [-0.25, -0.2) is 0 Å². The van der Waals surface area contributed by atoms with E-state index in [0.717, 1.165) is 0 Å². The number of hydrogen-bond donors (Lipinski definition) is 1. The molecule has 1 heterocycles. The molecule has 1 aromatic rings. The highest BCUT2D eigenvalue weighted by molar-refractivity contribution is 6.35. The molecule has 102 valence electrons. The predicted molar refractivity (Wildman–Crippen MR) is 70.3 cm³/mol. The van der Waals surface area contributed by atoms with E-state index in [-0.39, 0.29) is 29.6 Å².